The summed E-state index contributed by atoms with van der Waals surface area (Å²) in [6.45, 7) is 9.70. The highest BCUT2D eigenvalue weighted by Crippen LogP contribution is 2.26. The van der Waals surface area contributed by atoms with Gasteiger partial charge in [-0.2, -0.15) is 0 Å². The molecule has 1 heterocycles. The van der Waals surface area contributed by atoms with Gasteiger partial charge in [-0.25, -0.2) is 0 Å². The Morgan fingerprint density at radius 2 is 1.76 bits per heavy atom. The first-order valence-corrected chi connectivity index (χ1v) is 5.58. The summed E-state index contributed by atoms with van der Waals surface area (Å²) in [5, 5.41) is 0. The van der Waals surface area contributed by atoms with Gasteiger partial charge in [0.2, 0.25) is 0 Å². The molecule has 0 fully saturated rings. The molecular weight excluding hydrogens is 206 g/mol. The Morgan fingerprint density at radius 3 is 2.35 bits per heavy atom. The van der Waals surface area contributed by atoms with Crippen molar-refractivity contribution in [3.8, 4) is 11.3 Å². The lowest BCUT2D eigenvalue weighted by Crippen LogP contribution is -1.94. The van der Waals surface area contributed by atoms with Crippen molar-refractivity contribution in [1.29, 1.82) is 0 Å². The zero-order chi connectivity index (χ0) is 12.3. The van der Waals surface area contributed by atoms with E-state index in [2.05, 4.69) is 30.3 Å². The van der Waals surface area contributed by atoms with E-state index >= 15 is 0 Å². The van der Waals surface area contributed by atoms with Crippen LogP contribution in [-0.2, 0) is 0 Å². The van der Waals surface area contributed by atoms with Crippen LogP contribution in [0.4, 0.5) is 0 Å². The van der Waals surface area contributed by atoms with Gasteiger partial charge in [-0.15, -0.1) is 0 Å². The van der Waals surface area contributed by atoms with E-state index in [0.717, 1.165) is 28.1 Å². The van der Waals surface area contributed by atoms with Crippen molar-refractivity contribution in [2.24, 2.45) is 0 Å². The summed E-state index contributed by atoms with van der Waals surface area (Å²) in [5.74, 6) is 0. The topological polar surface area (TPSA) is 12.9 Å². The van der Waals surface area contributed by atoms with Crippen LogP contribution < -0.4 is 0 Å². The van der Waals surface area contributed by atoms with Crippen LogP contribution in [0.2, 0.25) is 0 Å². The first kappa shape index (κ1) is 11.3. The number of rotatable bonds is 3. The molecule has 0 aliphatic carbocycles. The zero-order valence-electron chi connectivity index (χ0n) is 9.98. The molecule has 0 saturated heterocycles. The average molecular weight is 221 g/mol. The summed E-state index contributed by atoms with van der Waals surface area (Å²) in [7, 11) is 0. The van der Waals surface area contributed by atoms with Gasteiger partial charge in [0.25, 0.3) is 0 Å². The minimum absolute atomic E-state index is 0.968. The van der Waals surface area contributed by atoms with Crippen molar-refractivity contribution < 1.29 is 0 Å². The molecule has 2 rings (SSSR count). The largest absolute Gasteiger partial charge is 0.252 e. The number of hydrogen-bond acceptors (Lipinski definition) is 1. The van der Waals surface area contributed by atoms with Gasteiger partial charge in [0.15, 0.2) is 0 Å². The summed E-state index contributed by atoms with van der Waals surface area (Å²) in [6, 6.07) is 12.2. The van der Waals surface area contributed by atoms with Crippen molar-refractivity contribution in [2.75, 3.05) is 0 Å². The molecule has 0 radical (unpaired) electrons. The van der Waals surface area contributed by atoms with Crippen LogP contribution >= 0.6 is 0 Å². The van der Waals surface area contributed by atoms with E-state index in [-0.39, 0.29) is 0 Å². The predicted octanol–water partition coefficient (Wildman–Crippen LogP) is 4.34. The Hall–Kier alpha value is -2.15. The van der Waals surface area contributed by atoms with Gasteiger partial charge in [-0.3, -0.25) is 4.98 Å². The Balaban J connectivity index is 2.72. The van der Waals surface area contributed by atoms with Gasteiger partial charge in [-0.1, -0.05) is 55.6 Å². The van der Waals surface area contributed by atoms with Crippen molar-refractivity contribution in [1.82, 2.24) is 4.98 Å². The number of aryl methyl sites for hydroxylation is 1. The Kier molecular flexibility index (Phi) is 3.20. The summed E-state index contributed by atoms with van der Waals surface area (Å²) in [4.78, 5) is 4.60. The maximum atomic E-state index is 4.60. The smallest absolute Gasteiger partial charge is 0.0783 e. The first-order valence-electron chi connectivity index (χ1n) is 5.58. The molecule has 1 aromatic carbocycles. The van der Waals surface area contributed by atoms with Gasteiger partial charge >= 0.3 is 0 Å². The Labute approximate surface area is 102 Å². The average Bonchev–Trinajstić information content (AvgIpc) is 2.38. The van der Waals surface area contributed by atoms with Gasteiger partial charge in [0.1, 0.15) is 0 Å². The highest BCUT2D eigenvalue weighted by molar-refractivity contribution is 5.77. The lowest BCUT2D eigenvalue weighted by atomic mass is 10.00. The van der Waals surface area contributed by atoms with E-state index in [9.17, 15) is 0 Å². The van der Waals surface area contributed by atoms with E-state index in [1.807, 2.05) is 43.3 Å². The fraction of sp³-hybridized carbons (Fsp3) is 0.0625. The lowest BCUT2D eigenvalue weighted by molar-refractivity contribution is 1.19. The van der Waals surface area contributed by atoms with Gasteiger partial charge < -0.3 is 0 Å². The van der Waals surface area contributed by atoms with Crippen LogP contribution in [0.3, 0.4) is 0 Å². The fourth-order valence-corrected chi connectivity index (χ4v) is 1.91. The lowest BCUT2D eigenvalue weighted by Gasteiger charge is -2.10. The SMILES string of the molecule is C=Cc1cc(C)nc(-c2ccccc2)c1C=C. The maximum Gasteiger partial charge on any atom is 0.0783 e. The van der Waals surface area contributed by atoms with Crippen LogP contribution in [0, 0.1) is 6.92 Å². The van der Waals surface area contributed by atoms with Crippen LogP contribution in [-0.4, -0.2) is 4.98 Å². The second-order valence-corrected chi connectivity index (χ2v) is 3.89. The molecule has 0 spiro atoms. The molecule has 0 aliphatic rings. The summed E-state index contributed by atoms with van der Waals surface area (Å²) < 4.78 is 0. The third-order valence-electron chi connectivity index (χ3n) is 2.69. The summed E-state index contributed by atoms with van der Waals surface area (Å²) in [6.07, 6.45) is 3.68. The quantitative estimate of drug-likeness (QED) is 0.751. The molecule has 0 N–H and O–H groups in total. The van der Waals surface area contributed by atoms with Crippen molar-refractivity contribution in [2.45, 2.75) is 6.92 Å². The van der Waals surface area contributed by atoms with Gasteiger partial charge in [-0.05, 0) is 18.6 Å². The molecule has 84 valence electrons. The van der Waals surface area contributed by atoms with Crippen LogP contribution in [0.25, 0.3) is 23.4 Å². The number of aromatic nitrogens is 1. The van der Waals surface area contributed by atoms with E-state index in [1.165, 1.54) is 0 Å². The van der Waals surface area contributed by atoms with E-state index in [4.69, 9.17) is 0 Å². The van der Waals surface area contributed by atoms with Gasteiger partial charge in [0, 0.05) is 16.8 Å². The minimum Gasteiger partial charge on any atom is -0.252 e. The molecule has 0 atom stereocenters. The molecule has 0 saturated carbocycles. The molecule has 17 heavy (non-hydrogen) atoms. The molecule has 0 bridgehead atoms. The van der Waals surface area contributed by atoms with Crippen LogP contribution in [0.15, 0.2) is 49.6 Å². The zero-order valence-corrected chi connectivity index (χ0v) is 9.98. The Morgan fingerprint density at radius 1 is 1.06 bits per heavy atom. The highest BCUT2D eigenvalue weighted by Gasteiger charge is 2.08. The second kappa shape index (κ2) is 4.79. The van der Waals surface area contributed by atoms with Crippen LogP contribution in [0.1, 0.15) is 16.8 Å². The standard InChI is InChI=1S/C16H15N/c1-4-13-11-12(3)17-16(15(13)5-2)14-9-7-6-8-10-14/h4-11H,1-2H2,3H3. The molecule has 1 aromatic heterocycles. The van der Waals surface area contributed by atoms with Crippen molar-refractivity contribution in [3.05, 3.63) is 66.4 Å². The second-order valence-electron chi connectivity index (χ2n) is 3.89. The fourth-order valence-electron chi connectivity index (χ4n) is 1.91. The van der Waals surface area contributed by atoms with E-state index < -0.39 is 0 Å². The molecular formula is C16H15N. The van der Waals surface area contributed by atoms with E-state index in [1.54, 1.807) is 0 Å². The molecule has 1 nitrogen and oxygen atoms in total. The minimum atomic E-state index is 0.968. The van der Waals surface area contributed by atoms with Crippen molar-refractivity contribution >= 4 is 12.2 Å². The first-order chi connectivity index (χ1) is 8.26. The number of benzene rings is 1. The highest BCUT2D eigenvalue weighted by atomic mass is 14.7. The number of pyridine rings is 1. The van der Waals surface area contributed by atoms with Gasteiger partial charge in [0.05, 0.1) is 5.69 Å². The molecule has 0 unspecified atom stereocenters. The molecule has 2 aromatic rings. The maximum absolute atomic E-state index is 4.60. The normalized spacial score (nSPS) is 9.94. The number of hydrogen-bond donors (Lipinski definition) is 0. The molecule has 1 heteroatoms. The summed E-state index contributed by atoms with van der Waals surface area (Å²) in [5.41, 5.74) is 5.18. The molecule has 0 aliphatic heterocycles. The Bertz CT molecular complexity index is 553. The predicted molar refractivity (Wildman–Crippen MR) is 74.6 cm³/mol. The third-order valence-corrected chi connectivity index (χ3v) is 2.69. The van der Waals surface area contributed by atoms with E-state index in [0.29, 0.717) is 0 Å². The third kappa shape index (κ3) is 2.18. The monoisotopic (exact) mass is 221 g/mol. The summed E-state index contributed by atoms with van der Waals surface area (Å²) >= 11 is 0. The molecule has 0 amide bonds. The van der Waals surface area contributed by atoms with Crippen molar-refractivity contribution in [3.63, 3.8) is 0 Å². The number of nitrogens with zero attached hydrogens (tertiary/aromatic N) is 1. The van der Waals surface area contributed by atoms with Crippen LogP contribution in [0.5, 0.6) is 0 Å².